The van der Waals surface area contributed by atoms with Crippen molar-refractivity contribution in [3.05, 3.63) is 84.2 Å². The zero-order valence-corrected chi connectivity index (χ0v) is 13.3. The van der Waals surface area contributed by atoms with Gasteiger partial charge in [-0.25, -0.2) is 8.42 Å². The number of anilines is 1. The average Bonchev–Trinajstić information content (AvgIpc) is 2.95. The van der Waals surface area contributed by atoms with E-state index in [2.05, 4.69) is 9.82 Å². The van der Waals surface area contributed by atoms with Gasteiger partial charge < -0.3 is 0 Å². The topological polar surface area (TPSA) is 64.0 Å². The number of rotatable bonds is 6. The summed E-state index contributed by atoms with van der Waals surface area (Å²) >= 11 is 0. The Hall–Kier alpha value is -2.60. The van der Waals surface area contributed by atoms with Crippen LogP contribution in [0.2, 0.25) is 0 Å². The molecule has 3 aromatic rings. The van der Waals surface area contributed by atoms with Crippen LogP contribution in [0.5, 0.6) is 0 Å². The molecule has 0 amide bonds. The maximum atomic E-state index is 12.2. The predicted molar refractivity (Wildman–Crippen MR) is 90.5 cm³/mol. The van der Waals surface area contributed by atoms with Crippen LogP contribution >= 0.6 is 0 Å². The average molecular weight is 327 g/mol. The van der Waals surface area contributed by atoms with E-state index in [1.54, 1.807) is 23.0 Å². The van der Waals surface area contributed by atoms with Gasteiger partial charge in [-0.05, 0) is 11.1 Å². The van der Waals surface area contributed by atoms with E-state index in [0.29, 0.717) is 12.2 Å². The summed E-state index contributed by atoms with van der Waals surface area (Å²) in [5.74, 6) is -0.0578. The largest absolute Gasteiger partial charge is 0.280 e. The predicted octanol–water partition coefficient (Wildman–Crippen LogP) is 2.87. The number of hydrogen-bond donors (Lipinski definition) is 1. The van der Waals surface area contributed by atoms with Gasteiger partial charge in [-0.3, -0.25) is 9.40 Å². The van der Waals surface area contributed by atoms with Crippen LogP contribution in [0.4, 0.5) is 5.69 Å². The lowest BCUT2D eigenvalue weighted by Gasteiger charge is -2.05. The number of hydrogen-bond acceptors (Lipinski definition) is 3. The van der Waals surface area contributed by atoms with Crippen molar-refractivity contribution in [2.24, 2.45) is 0 Å². The third kappa shape index (κ3) is 4.43. The van der Waals surface area contributed by atoms with E-state index in [-0.39, 0.29) is 5.75 Å². The number of benzene rings is 2. The fourth-order valence-electron chi connectivity index (χ4n) is 2.28. The van der Waals surface area contributed by atoms with Gasteiger partial charge in [-0.15, -0.1) is 0 Å². The molecule has 0 radical (unpaired) electrons. The van der Waals surface area contributed by atoms with Crippen molar-refractivity contribution in [3.8, 4) is 0 Å². The van der Waals surface area contributed by atoms with Crippen LogP contribution in [0.1, 0.15) is 11.1 Å². The molecule has 1 aromatic heterocycles. The first-order valence-electron chi connectivity index (χ1n) is 7.21. The zero-order valence-electron chi connectivity index (χ0n) is 12.5. The van der Waals surface area contributed by atoms with E-state index >= 15 is 0 Å². The standard InChI is InChI=1S/C17H17N3O2S/c21-23(22,14-16-9-5-2-6-10-16)19-17-11-18-20(13-17)12-15-7-3-1-4-8-15/h1-11,13,19H,12,14H2. The molecule has 5 nitrogen and oxygen atoms in total. The fraction of sp³-hybridized carbons (Fsp3) is 0.118. The minimum absolute atomic E-state index is 0.0578. The molecule has 23 heavy (non-hydrogen) atoms. The summed E-state index contributed by atoms with van der Waals surface area (Å²) in [6, 6.07) is 19.0. The van der Waals surface area contributed by atoms with Crippen LogP contribution in [0, 0.1) is 0 Å². The summed E-state index contributed by atoms with van der Waals surface area (Å²) < 4.78 is 28.6. The number of nitrogens with one attached hydrogen (secondary N) is 1. The van der Waals surface area contributed by atoms with E-state index in [1.807, 2.05) is 48.5 Å². The lowest BCUT2D eigenvalue weighted by molar-refractivity contribution is 0.600. The smallest absolute Gasteiger partial charge is 0.237 e. The number of aromatic nitrogens is 2. The number of sulfonamides is 1. The van der Waals surface area contributed by atoms with Gasteiger partial charge in [0.2, 0.25) is 10.0 Å². The Morgan fingerprint density at radius 2 is 1.52 bits per heavy atom. The molecule has 0 atom stereocenters. The van der Waals surface area contributed by atoms with Gasteiger partial charge in [0, 0.05) is 6.20 Å². The van der Waals surface area contributed by atoms with Crippen molar-refractivity contribution in [1.29, 1.82) is 0 Å². The molecule has 0 spiro atoms. The second kappa shape index (κ2) is 6.66. The minimum Gasteiger partial charge on any atom is -0.280 e. The Balaban J connectivity index is 1.66. The highest BCUT2D eigenvalue weighted by Gasteiger charge is 2.12. The molecule has 1 N–H and O–H groups in total. The van der Waals surface area contributed by atoms with Crippen LogP contribution in [0.15, 0.2) is 73.1 Å². The first-order chi connectivity index (χ1) is 11.1. The molecule has 0 unspecified atom stereocenters. The quantitative estimate of drug-likeness (QED) is 0.757. The molecule has 0 saturated carbocycles. The maximum absolute atomic E-state index is 12.2. The van der Waals surface area contributed by atoms with Crippen LogP contribution < -0.4 is 4.72 Å². The summed E-state index contributed by atoms with van der Waals surface area (Å²) in [4.78, 5) is 0. The molecule has 1 heterocycles. The monoisotopic (exact) mass is 327 g/mol. The van der Waals surface area contributed by atoms with E-state index < -0.39 is 10.0 Å². The van der Waals surface area contributed by atoms with Crippen LogP contribution in [0.3, 0.4) is 0 Å². The highest BCUT2D eigenvalue weighted by molar-refractivity contribution is 7.91. The zero-order chi connectivity index (χ0) is 16.1. The molecule has 0 fully saturated rings. The summed E-state index contributed by atoms with van der Waals surface area (Å²) in [7, 11) is -3.45. The molecule has 0 saturated heterocycles. The third-order valence-electron chi connectivity index (χ3n) is 3.29. The van der Waals surface area contributed by atoms with Gasteiger partial charge in [0.25, 0.3) is 0 Å². The van der Waals surface area contributed by atoms with Crippen molar-refractivity contribution >= 4 is 15.7 Å². The highest BCUT2D eigenvalue weighted by Crippen LogP contribution is 2.13. The first-order valence-corrected chi connectivity index (χ1v) is 8.87. The lowest BCUT2D eigenvalue weighted by atomic mass is 10.2. The van der Waals surface area contributed by atoms with Crippen molar-refractivity contribution in [1.82, 2.24) is 9.78 Å². The molecule has 3 rings (SSSR count). The summed E-state index contributed by atoms with van der Waals surface area (Å²) in [5.41, 5.74) is 2.32. The van der Waals surface area contributed by atoms with Crippen LogP contribution in [-0.4, -0.2) is 18.2 Å². The fourth-order valence-corrected chi connectivity index (χ4v) is 3.45. The van der Waals surface area contributed by atoms with Crippen LogP contribution in [0.25, 0.3) is 0 Å². The lowest BCUT2D eigenvalue weighted by Crippen LogP contribution is -2.14. The van der Waals surface area contributed by atoms with Crippen molar-refractivity contribution < 1.29 is 8.42 Å². The van der Waals surface area contributed by atoms with Crippen molar-refractivity contribution in [2.45, 2.75) is 12.3 Å². The van der Waals surface area contributed by atoms with E-state index in [9.17, 15) is 8.42 Å². The normalized spacial score (nSPS) is 11.3. The molecule has 118 valence electrons. The molecule has 6 heteroatoms. The molecule has 2 aromatic carbocycles. The molecule has 0 aliphatic rings. The SMILES string of the molecule is O=S(=O)(Cc1ccccc1)Nc1cnn(Cc2ccccc2)c1. The minimum atomic E-state index is -3.45. The number of nitrogens with zero attached hydrogens (tertiary/aromatic N) is 2. The van der Waals surface area contributed by atoms with E-state index in [4.69, 9.17) is 0 Å². The molecular formula is C17H17N3O2S. The Kier molecular flexibility index (Phi) is 4.43. The van der Waals surface area contributed by atoms with E-state index in [0.717, 1.165) is 11.1 Å². The Morgan fingerprint density at radius 1 is 0.913 bits per heavy atom. The molecule has 0 aliphatic heterocycles. The molecular weight excluding hydrogens is 310 g/mol. The van der Waals surface area contributed by atoms with Crippen molar-refractivity contribution in [2.75, 3.05) is 4.72 Å². The Morgan fingerprint density at radius 3 is 2.17 bits per heavy atom. The highest BCUT2D eigenvalue weighted by atomic mass is 32.2. The molecule has 0 bridgehead atoms. The van der Waals surface area contributed by atoms with E-state index in [1.165, 1.54) is 6.20 Å². The summed E-state index contributed by atoms with van der Waals surface area (Å²) in [6.07, 6.45) is 3.21. The molecule has 0 aliphatic carbocycles. The van der Waals surface area contributed by atoms with Gasteiger partial charge in [-0.2, -0.15) is 5.10 Å². The maximum Gasteiger partial charge on any atom is 0.237 e. The third-order valence-corrected chi connectivity index (χ3v) is 4.55. The van der Waals surface area contributed by atoms with Crippen LogP contribution in [-0.2, 0) is 22.3 Å². The van der Waals surface area contributed by atoms with Gasteiger partial charge in [0.15, 0.2) is 0 Å². The summed E-state index contributed by atoms with van der Waals surface area (Å²) in [6.45, 7) is 0.598. The van der Waals surface area contributed by atoms with Gasteiger partial charge in [0.1, 0.15) is 0 Å². The van der Waals surface area contributed by atoms with Gasteiger partial charge in [-0.1, -0.05) is 60.7 Å². The second-order valence-electron chi connectivity index (χ2n) is 5.26. The van der Waals surface area contributed by atoms with Crippen molar-refractivity contribution in [3.63, 3.8) is 0 Å². The second-order valence-corrected chi connectivity index (χ2v) is 6.98. The first kappa shape index (κ1) is 15.3. The Labute approximate surface area is 135 Å². The van der Waals surface area contributed by atoms with Gasteiger partial charge >= 0.3 is 0 Å². The summed E-state index contributed by atoms with van der Waals surface area (Å²) in [5, 5.41) is 4.19. The van der Waals surface area contributed by atoms with Gasteiger partial charge in [0.05, 0.1) is 24.2 Å². The Bertz CT molecular complexity index is 859.